The summed E-state index contributed by atoms with van der Waals surface area (Å²) in [6.07, 6.45) is 0.437. The van der Waals surface area contributed by atoms with Gasteiger partial charge < -0.3 is 5.32 Å². The van der Waals surface area contributed by atoms with E-state index < -0.39 is 16.3 Å². The lowest BCUT2D eigenvalue weighted by atomic mass is 10.2. The third-order valence-corrected chi connectivity index (χ3v) is 1.57. The second-order valence-electron chi connectivity index (χ2n) is 2.06. The molecule has 1 rings (SSSR count). The van der Waals surface area contributed by atoms with Crippen LogP contribution in [0.3, 0.4) is 0 Å². The van der Waals surface area contributed by atoms with Crippen LogP contribution in [0.5, 0.6) is 0 Å². The van der Waals surface area contributed by atoms with Crippen molar-refractivity contribution in [3.05, 3.63) is 0 Å². The van der Waals surface area contributed by atoms with E-state index in [2.05, 4.69) is 9.50 Å². The molecule has 5 nitrogen and oxygen atoms in total. The normalized spacial score (nSPS) is 25.3. The summed E-state index contributed by atoms with van der Waals surface area (Å²) in [4.78, 5) is 10.2. The van der Waals surface area contributed by atoms with Crippen LogP contribution in [0.1, 0.15) is 6.42 Å². The maximum atomic E-state index is 10.4. The Hall–Kier alpha value is -0.620. The molecular formula is C4H7NO4S. The maximum absolute atomic E-state index is 10.4. The molecule has 1 atom stereocenters. The third kappa shape index (κ3) is 1.96. The van der Waals surface area contributed by atoms with E-state index in [-0.39, 0.29) is 12.3 Å². The summed E-state index contributed by atoms with van der Waals surface area (Å²) in [5.41, 5.74) is 0. The van der Waals surface area contributed by atoms with Crippen LogP contribution in [0, 0.1) is 0 Å². The highest BCUT2D eigenvalue weighted by Gasteiger charge is 2.28. The van der Waals surface area contributed by atoms with Crippen molar-refractivity contribution in [1.29, 1.82) is 0 Å². The van der Waals surface area contributed by atoms with E-state index >= 15 is 0 Å². The SMILES string of the molecule is CS(=O)(=O)O[C@H]1CC(=O)N1. The lowest BCUT2D eigenvalue weighted by molar-refractivity contribution is -0.133. The first-order valence-corrected chi connectivity index (χ1v) is 4.47. The quantitative estimate of drug-likeness (QED) is 0.412. The predicted molar refractivity (Wildman–Crippen MR) is 32.5 cm³/mol. The highest BCUT2D eigenvalue weighted by atomic mass is 32.2. The molecule has 1 aliphatic heterocycles. The van der Waals surface area contributed by atoms with Crippen LogP contribution in [0.4, 0.5) is 0 Å². The van der Waals surface area contributed by atoms with Crippen LogP contribution >= 0.6 is 0 Å². The minimum atomic E-state index is -3.42. The van der Waals surface area contributed by atoms with Crippen molar-refractivity contribution in [2.45, 2.75) is 12.6 Å². The van der Waals surface area contributed by atoms with Crippen molar-refractivity contribution in [3.63, 3.8) is 0 Å². The number of hydrogen-bond donors (Lipinski definition) is 1. The van der Waals surface area contributed by atoms with E-state index in [9.17, 15) is 13.2 Å². The first-order chi connectivity index (χ1) is 4.47. The zero-order chi connectivity index (χ0) is 7.78. The fourth-order valence-corrected chi connectivity index (χ4v) is 1.13. The molecule has 58 valence electrons. The summed E-state index contributed by atoms with van der Waals surface area (Å²) in [6.45, 7) is 0. The predicted octanol–water partition coefficient (Wildman–Crippen LogP) is -1.19. The Balaban J connectivity index is 2.36. The van der Waals surface area contributed by atoms with Crippen molar-refractivity contribution in [1.82, 2.24) is 5.32 Å². The Morgan fingerprint density at radius 2 is 2.20 bits per heavy atom. The lowest BCUT2D eigenvalue weighted by Crippen LogP contribution is -2.50. The van der Waals surface area contributed by atoms with Crippen LogP contribution in [0.25, 0.3) is 0 Å². The van der Waals surface area contributed by atoms with Gasteiger partial charge in [-0.05, 0) is 0 Å². The summed E-state index contributed by atoms with van der Waals surface area (Å²) in [5, 5.41) is 2.26. The smallest absolute Gasteiger partial charge is 0.266 e. The molecule has 0 aromatic heterocycles. The van der Waals surface area contributed by atoms with Crippen molar-refractivity contribution in [2.75, 3.05) is 6.26 Å². The van der Waals surface area contributed by atoms with Crippen molar-refractivity contribution < 1.29 is 17.4 Å². The average Bonchev–Trinajstić information content (AvgIpc) is 1.57. The highest BCUT2D eigenvalue weighted by Crippen LogP contribution is 2.07. The summed E-state index contributed by atoms with van der Waals surface area (Å²) < 4.78 is 25.1. The van der Waals surface area contributed by atoms with Crippen LogP contribution in [0.2, 0.25) is 0 Å². The van der Waals surface area contributed by atoms with E-state index in [1.807, 2.05) is 0 Å². The Morgan fingerprint density at radius 3 is 2.50 bits per heavy atom. The maximum Gasteiger partial charge on any atom is 0.266 e. The van der Waals surface area contributed by atoms with Gasteiger partial charge in [0.2, 0.25) is 5.91 Å². The zero-order valence-corrected chi connectivity index (χ0v) is 6.14. The number of amides is 1. The van der Waals surface area contributed by atoms with Crippen LogP contribution in [-0.4, -0.2) is 26.8 Å². The van der Waals surface area contributed by atoms with Gasteiger partial charge in [0.05, 0.1) is 12.7 Å². The molecule has 0 aliphatic carbocycles. The van der Waals surface area contributed by atoms with Crippen LogP contribution < -0.4 is 5.32 Å². The summed E-state index contributed by atoms with van der Waals surface area (Å²) in [5.74, 6) is -0.186. The Kier molecular flexibility index (Phi) is 1.65. The van der Waals surface area contributed by atoms with Crippen molar-refractivity contribution >= 4 is 16.0 Å². The molecule has 1 aliphatic rings. The fourth-order valence-electron chi connectivity index (χ4n) is 0.596. The number of hydrogen-bond acceptors (Lipinski definition) is 4. The van der Waals surface area contributed by atoms with E-state index in [1.54, 1.807) is 0 Å². The molecule has 1 saturated heterocycles. The molecule has 0 aromatic carbocycles. The minimum Gasteiger partial charge on any atom is -0.329 e. The zero-order valence-electron chi connectivity index (χ0n) is 5.33. The van der Waals surface area contributed by atoms with Crippen LogP contribution in [0.15, 0.2) is 0 Å². The first-order valence-electron chi connectivity index (χ1n) is 2.65. The Morgan fingerprint density at radius 1 is 1.70 bits per heavy atom. The van der Waals surface area contributed by atoms with Crippen LogP contribution in [-0.2, 0) is 19.1 Å². The van der Waals surface area contributed by atoms with Gasteiger partial charge in [-0.3, -0.25) is 4.79 Å². The van der Waals surface area contributed by atoms with E-state index in [0.29, 0.717) is 0 Å². The van der Waals surface area contributed by atoms with E-state index in [0.717, 1.165) is 6.26 Å². The number of carbonyl (C=O) groups excluding carboxylic acids is 1. The number of nitrogens with one attached hydrogen (secondary N) is 1. The van der Waals surface area contributed by atoms with Crippen molar-refractivity contribution in [3.8, 4) is 0 Å². The summed E-state index contributed by atoms with van der Waals surface area (Å²) >= 11 is 0. The lowest BCUT2D eigenvalue weighted by Gasteiger charge is -2.24. The van der Waals surface area contributed by atoms with Gasteiger partial charge in [0.1, 0.15) is 0 Å². The molecule has 1 fully saturated rings. The largest absolute Gasteiger partial charge is 0.329 e. The van der Waals surface area contributed by atoms with Gasteiger partial charge >= 0.3 is 0 Å². The molecular weight excluding hydrogens is 158 g/mol. The van der Waals surface area contributed by atoms with Gasteiger partial charge in [0.15, 0.2) is 6.23 Å². The molecule has 1 heterocycles. The molecule has 0 saturated carbocycles. The summed E-state index contributed by atoms with van der Waals surface area (Å²) in [6, 6.07) is 0. The Bertz CT molecular complexity index is 236. The molecule has 6 heteroatoms. The first kappa shape index (κ1) is 7.49. The summed E-state index contributed by atoms with van der Waals surface area (Å²) in [7, 11) is -3.42. The van der Waals surface area contributed by atoms with Gasteiger partial charge in [-0.15, -0.1) is 0 Å². The van der Waals surface area contributed by atoms with Gasteiger partial charge in [0, 0.05) is 0 Å². The number of β-lactam (4-membered cyclic amide) rings is 1. The highest BCUT2D eigenvalue weighted by molar-refractivity contribution is 7.86. The van der Waals surface area contributed by atoms with Gasteiger partial charge in [-0.2, -0.15) is 8.42 Å². The minimum absolute atomic E-state index is 0.132. The Labute approximate surface area is 58.5 Å². The van der Waals surface area contributed by atoms with Gasteiger partial charge in [-0.1, -0.05) is 0 Å². The second-order valence-corrected chi connectivity index (χ2v) is 3.66. The number of rotatable bonds is 2. The fraction of sp³-hybridized carbons (Fsp3) is 0.750. The molecule has 0 bridgehead atoms. The van der Waals surface area contributed by atoms with E-state index in [1.165, 1.54) is 0 Å². The molecule has 0 radical (unpaired) electrons. The molecule has 0 spiro atoms. The molecule has 0 unspecified atom stereocenters. The van der Waals surface area contributed by atoms with Gasteiger partial charge in [-0.25, -0.2) is 4.18 Å². The molecule has 1 amide bonds. The monoisotopic (exact) mass is 165 g/mol. The third-order valence-electron chi connectivity index (χ3n) is 0.984. The standard InChI is InChI=1S/C4H7NO4S/c1-10(7,8)9-4-2-3(6)5-4/h4H,2H2,1H3,(H,5,6)/t4-/m0/s1. The number of carbonyl (C=O) groups is 1. The molecule has 0 aromatic rings. The second kappa shape index (κ2) is 2.21. The topological polar surface area (TPSA) is 72.5 Å². The van der Waals surface area contributed by atoms with Gasteiger partial charge in [0.25, 0.3) is 10.1 Å². The van der Waals surface area contributed by atoms with E-state index in [4.69, 9.17) is 0 Å². The molecule has 1 N–H and O–H groups in total. The van der Waals surface area contributed by atoms with Crippen molar-refractivity contribution in [2.24, 2.45) is 0 Å². The molecule has 10 heavy (non-hydrogen) atoms. The average molecular weight is 165 g/mol.